The maximum absolute atomic E-state index is 11.6. The lowest BCUT2D eigenvalue weighted by atomic mass is 10.3. The molecule has 1 aromatic rings. The molecule has 1 aromatic heterocycles. The summed E-state index contributed by atoms with van der Waals surface area (Å²) in [6.45, 7) is 1.46. The second-order valence-electron chi connectivity index (χ2n) is 4.07. The molecule has 0 saturated heterocycles. The van der Waals surface area contributed by atoms with Gasteiger partial charge in [-0.2, -0.15) is 5.26 Å². The molecule has 1 heterocycles. The lowest BCUT2D eigenvalue weighted by molar-refractivity contribution is -0.119. The van der Waals surface area contributed by atoms with Crippen LogP contribution in [0.4, 0.5) is 5.82 Å². The number of hydrogen-bond donors (Lipinski definition) is 1. The van der Waals surface area contributed by atoms with Gasteiger partial charge < -0.3 is 15.0 Å². The second-order valence-corrected chi connectivity index (χ2v) is 4.07. The SMILES string of the molecule is COCCCNC(=O)CN(C)c1ccc(C#N)cn1. The molecule has 0 fully saturated rings. The van der Waals surface area contributed by atoms with Gasteiger partial charge in [0.1, 0.15) is 11.9 Å². The van der Waals surface area contributed by atoms with Gasteiger partial charge in [-0.3, -0.25) is 4.79 Å². The fourth-order valence-electron chi connectivity index (χ4n) is 1.47. The molecule has 0 bridgehead atoms. The highest BCUT2D eigenvalue weighted by Gasteiger charge is 2.07. The number of pyridine rings is 1. The van der Waals surface area contributed by atoms with Crippen LogP contribution in [0, 0.1) is 11.3 Å². The molecule has 0 atom stereocenters. The predicted octanol–water partition coefficient (Wildman–Crippen LogP) is 0.542. The van der Waals surface area contributed by atoms with E-state index >= 15 is 0 Å². The molecule has 1 N–H and O–H groups in total. The Morgan fingerprint density at radius 1 is 1.58 bits per heavy atom. The van der Waals surface area contributed by atoms with E-state index in [9.17, 15) is 4.79 Å². The molecule has 6 heteroatoms. The van der Waals surface area contributed by atoms with Crippen LogP contribution in [0.2, 0.25) is 0 Å². The molecule has 1 rings (SSSR count). The number of ether oxygens (including phenoxy) is 1. The van der Waals surface area contributed by atoms with Gasteiger partial charge in [-0.05, 0) is 18.6 Å². The highest BCUT2D eigenvalue weighted by Crippen LogP contribution is 2.08. The molecule has 102 valence electrons. The van der Waals surface area contributed by atoms with E-state index in [2.05, 4.69) is 10.3 Å². The number of methoxy groups -OCH3 is 1. The number of carbonyl (C=O) groups is 1. The third kappa shape index (κ3) is 5.36. The van der Waals surface area contributed by atoms with Crippen LogP contribution in [-0.2, 0) is 9.53 Å². The number of hydrogen-bond acceptors (Lipinski definition) is 5. The summed E-state index contributed by atoms with van der Waals surface area (Å²) >= 11 is 0. The van der Waals surface area contributed by atoms with E-state index in [1.54, 1.807) is 31.2 Å². The monoisotopic (exact) mass is 262 g/mol. The highest BCUT2D eigenvalue weighted by atomic mass is 16.5. The zero-order valence-electron chi connectivity index (χ0n) is 11.2. The van der Waals surface area contributed by atoms with Gasteiger partial charge >= 0.3 is 0 Å². The number of likely N-dealkylation sites (N-methyl/N-ethyl adjacent to an activating group) is 1. The third-order valence-corrected chi connectivity index (χ3v) is 2.50. The van der Waals surface area contributed by atoms with Crippen LogP contribution in [0.5, 0.6) is 0 Å². The maximum Gasteiger partial charge on any atom is 0.239 e. The van der Waals surface area contributed by atoms with Crippen LogP contribution in [0.3, 0.4) is 0 Å². The molecule has 19 heavy (non-hydrogen) atoms. The van der Waals surface area contributed by atoms with Crippen LogP contribution in [0.15, 0.2) is 18.3 Å². The van der Waals surface area contributed by atoms with Crippen molar-refractivity contribution in [2.45, 2.75) is 6.42 Å². The fourth-order valence-corrected chi connectivity index (χ4v) is 1.47. The Balaban J connectivity index is 2.38. The van der Waals surface area contributed by atoms with Gasteiger partial charge in [0.2, 0.25) is 5.91 Å². The van der Waals surface area contributed by atoms with E-state index in [4.69, 9.17) is 10.00 Å². The van der Waals surface area contributed by atoms with Gasteiger partial charge in [-0.15, -0.1) is 0 Å². The predicted molar refractivity (Wildman–Crippen MR) is 71.7 cm³/mol. The maximum atomic E-state index is 11.6. The number of rotatable bonds is 7. The first-order valence-electron chi connectivity index (χ1n) is 6.00. The van der Waals surface area contributed by atoms with Crippen LogP contribution in [-0.4, -0.2) is 44.7 Å². The fraction of sp³-hybridized carbons (Fsp3) is 0.462. The van der Waals surface area contributed by atoms with Crippen LogP contribution in [0.1, 0.15) is 12.0 Å². The topological polar surface area (TPSA) is 78.2 Å². The molecule has 0 saturated carbocycles. The van der Waals surface area contributed by atoms with Gasteiger partial charge in [0.15, 0.2) is 0 Å². The normalized spacial score (nSPS) is 9.74. The van der Waals surface area contributed by atoms with Crippen molar-refractivity contribution in [3.05, 3.63) is 23.9 Å². The zero-order chi connectivity index (χ0) is 14.1. The summed E-state index contributed by atoms with van der Waals surface area (Å²) in [6, 6.07) is 5.40. The number of nitrogens with zero attached hydrogens (tertiary/aromatic N) is 3. The van der Waals surface area contributed by atoms with E-state index in [1.807, 2.05) is 6.07 Å². The Morgan fingerprint density at radius 2 is 2.37 bits per heavy atom. The summed E-state index contributed by atoms with van der Waals surface area (Å²) in [5.74, 6) is 0.593. The van der Waals surface area contributed by atoms with E-state index in [1.165, 1.54) is 6.20 Å². The van der Waals surface area contributed by atoms with Gasteiger partial charge in [0, 0.05) is 33.5 Å². The lowest BCUT2D eigenvalue weighted by Crippen LogP contribution is -2.36. The molecule has 0 aliphatic carbocycles. The zero-order valence-corrected chi connectivity index (χ0v) is 11.2. The number of amides is 1. The van der Waals surface area contributed by atoms with Crippen LogP contribution < -0.4 is 10.2 Å². The Bertz CT molecular complexity index is 439. The molecular formula is C13H18N4O2. The van der Waals surface area contributed by atoms with E-state index < -0.39 is 0 Å². The van der Waals surface area contributed by atoms with Crippen molar-refractivity contribution in [2.75, 3.05) is 38.8 Å². The summed E-state index contributed by atoms with van der Waals surface area (Å²) < 4.78 is 4.90. The Labute approximate surface area is 113 Å². The third-order valence-electron chi connectivity index (χ3n) is 2.50. The molecular weight excluding hydrogens is 244 g/mol. The van der Waals surface area contributed by atoms with Crippen molar-refractivity contribution in [1.29, 1.82) is 5.26 Å². The standard InChI is InChI=1S/C13H18N4O2/c1-17(10-13(18)15-6-3-7-19-2)12-5-4-11(8-14)9-16-12/h4-5,9H,3,6-7,10H2,1-2H3,(H,15,18). The molecule has 0 aliphatic rings. The van der Waals surface area contributed by atoms with Crippen LogP contribution in [0.25, 0.3) is 0 Å². The molecule has 0 aromatic carbocycles. The van der Waals surface area contributed by atoms with Crippen LogP contribution >= 0.6 is 0 Å². The van der Waals surface area contributed by atoms with Crippen molar-refractivity contribution < 1.29 is 9.53 Å². The first-order chi connectivity index (χ1) is 9.17. The smallest absolute Gasteiger partial charge is 0.239 e. The quantitative estimate of drug-likeness (QED) is 0.726. The highest BCUT2D eigenvalue weighted by molar-refractivity contribution is 5.80. The number of nitriles is 1. The largest absolute Gasteiger partial charge is 0.385 e. The number of carbonyl (C=O) groups excluding carboxylic acids is 1. The van der Waals surface area contributed by atoms with Gasteiger partial charge in [0.25, 0.3) is 0 Å². The molecule has 1 amide bonds. The summed E-state index contributed by atoms with van der Waals surface area (Å²) in [5.41, 5.74) is 0.501. The molecule has 0 radical (unpaired) electrons. The Kier molecular flexibility index (Phi) is 6.33. The minimum absolute atomic E-state index is 0.0650. The summed E-state index contributed by atoms with van der Waals surface area (Å²) in [6.07, 6.45) is 2.28. The minimum Gasteiger partial charge on any atom is -0.385 e. The summed E-state index contributed by atoms with van der Waals surface area (Å²) in [4.78, 5) is 17.5. The first kappa shape index (κ1) is 14.9. The second kappa shape index (κ2) is 8.06. The van der Waals surface area contributed by atoms with E-state index in [0.29, 0.717) is 24.5 Å². The average Bonchev–Trinajstić information content (AvgIpc) is 2.43. The first-order valence-corrected chi connectivity index (χ1v) is 6.00. The summed E-state index contributed by atoms with van der Waals surface area (Å²) in [5, 5.41) is 11.5. The lowest BCUT2D eigenvalue weighted by Gasteiger charge is -2.17. The van der Waals surface area contributed by atoms with E-state index in [-0.39, 0.29) is 12.5 Å². The molecule has 0 spiro atoms. The Hall–Kier alpha value is -2.13. The van der Waals surface area contributed by atoms with Crippen molar-refractivity contribution in [3.63, 3.8) is 0 Å². The minimum atomic E-state index is -0.0650. The molecule has 0 aliphatic heterocycles. The number of aromatic nitrogens is 1. The van der Waals surface area contributed by atoms with Crippen molar-refractivity contribution in [1.82, 2.24) is 10.3 Å². The summed E-state index contributed by atoms with van der Waals surface area (Å²) in [7, 11) is 3.41. The van der Waals surface area contributed by atoms with E-state index in [0.717, 1.165) is 6.42 Å². The Morgan fingerprint density at radius 3 is 2.95 bits per heavy atom. The van der Waals surface area contributed by atoms with Gasteiger partial charge in [0.05, 0.1) is 12.1 Å². The van der Waals surface area contributed by atoms with Gasteiger partial charge in [-0.1, -0.05) is 0 Å². The van der Waals surface area contributed by atoms with Gasteiger partial charge in [-0.25, -0.2) is 4.98 Å². The molecule has 6 nitrogen and oxygen atoms in total. The average molecular weight is 262 g/mol. The number of anilines is 1. The van der Waals surface area contributed by atoms with Crippen molar-refractivity contribution in [3.8, 4) is 6.07 Å². The van der Waals surface area contributed by atoms with Crippen molar-refractivity contribution >= 4 is 11.7 Å². The molecule has 0 unspecified atom stereocenters. The number of nitrogens with one attached hydrogen (secondary N) is 1. The van der Waals surface area contributed by atoms with Crippen molar-refractivity contribution in [2.24, 2.45) is 0 Å².